The van der Waals surface area contributed by atoms with E-state index >= 15 is 0 Å². The fourth-order valence-corrected chi connectivity index (χ4v) is 5.57. The standard InChI is InChI=1S/C26H47N2O8P.Na/c1-3-4-5-6-7-8-9-10-11-12-13-14-15-16-17-34-37(32,33)36-22-18-24(35-23(22)20-29)28-19-21(2)25(30)27-26(28)31;/h19,22-24,29H,3-18,20H2,1-2H3,(H,32,33)(H,27,30,31);/q;+1/p-1/t22-,23+,24+;/m0./s1. The fraction of sp³-hybridized carbons (Fsp3) is 0.846. The van der Waals surface area contributed by atoms with Gasteiger partial charge in [0.25, 0.3) is 0 Å². The zero-order valence-electron chi connectivity index (χ0n) is 23.5. The van der Waals surface area contributed by atoms with E-state index in [0.29, 0.717) is 6.42 Å². The number of hydrogen-bond acceptors (Lipinski definition) is 8. The van der Waals surface area contributed by atoms with Crippen LogP contribution in [0.5, 0.6) is 5.88 Å². The van der Waals surface area contributed by atoms with E-state index < -0.39 is 44.4 Å². The second kappa shape index (κ2) is 19.7. The Hall–Kier alpha value is -0.290. The van der Waals surface area contributed by atoms with Gasteiger partial charge in [-0.1, -0.05) is 90.4 Å². The minimum atomic E-state index is -4.37. The predicted molar refractivity (Wildman–Crippen MR) is 139 cm³/mol. The van der Waals surface area contributed by atoms with Gasteiger partial charge in [0.1, 0.15) is 18.4 Å². The molecule has 1 aliphatic heterocycles. The van der Waals surface area contributed by atoms with E-state index in [4.69, 9.17) is 13.8 Å². The normalized spacial score (nSPS) is 20.8. The molecule has 1 unspecified atom stereocenters. The van der Waals surface area contributed by atoms with Gasteiger partial charge in [-0.05, 0) is 24.8 Å². The van der Waals surface area contributed by atoms with E-state index in [9.17, 15) is 24.5 Å². The van der Waals surface area contributed by atoms with E-state index in [1.54, 1.807) is 0 Å². The average Bonchev–Trinajstić information content (AvgIpc) is 3.25. The number of phosphoric acid groups is 1. The van der Waals surface area contributed by atoms with Crippen LogP contribution in [-0.4, -0.2) is 45.0 Å². The molecular weight excluding hydrogens is 522 g/mol. The van der Waals surface area contributed by atoms with E-state index in [2.05, 4.69) is 11.9 Å². The Kier molecular flexibility index (Phi) is 18.6. The van der Waals surface area contributed by atoms with Gasteiger partial charge in [0.2, 0.25) is 0 Å². The van der Waals surface area contributed by atoms with Gasteiger partial charge in [-0.25, -0.2) is 14.3 Å². The first kappa shape index (κ1) is 35.7. The summed E-state index contributed by atoms with van der Waals surface area (Å²) in [7, 11) is -4.37. The molecule has 10 nitrogen and oxygen atoms in total. The summed E-state index contributed by atoms with van der Waals surface area (Å²) < 4.78 is 29.6. The molecule has 2 heterocycles. The van der Waals surface area contributed by atoms with Crippen LogP contribution in [0.1, 0.15) is 115 Å². The third kappa shape index (κ3) is 13.4. The van der Waals surface area contributed by atoms with E-state index in [1.165, 1.54) is 77.3 Å². The number of ether oxygens (including phenoxy) is 1. The summed E-state index contributed by atoms with van der Waals surface area (Å²) >= 11 is 0. The minimum absolute atomic E-state index is 0. The Labute approximate surface area is 249 Å². The van der Waals surface area contributed by atoms with Gasteiger partial charge in [0, 0.05) is 12.6 Å². The summed E-state index contributed by atoms with van der Waals surface area (Å²) in [6, 6.07) is 0. The molecule has 0 aliphatic carbocycles. The quantitative estimate of drug-likeness (QED) is 0.137. The van der Waals surface area contributed by atoms with Crippen molar-refractivity contribution in [3.05, 3.63) is 22.2 Å². The second-order valence-electron chi connectivity index (χ2n) is 10.0. The van der Waals surface area contributed by atoms with Crippen molar-refractivity contribution in [1.29, 1.82) is 0 Å². The van der Waals surface area contributed by atoms with Crippen molar-refractivity contribution in [2.45, 2.75) is 129 Å². The third-order valence-electron chi connectivity index (χ3n) is 6.78. The molecule has 1 aromatic heterocycles. The van der Waals surface area contributed by atoms with Crippen molar-refractivity contribution in [3.8, 4) is 5.88 Å². The van der Waals surface area contributed by atoms with Crippen LogP contribution in [0.2, 0.25) is 0 Å². The molecule has 1 aromatic rings. The summed E-state index contributed by atoms with van der Waals surface area (Å²) in [5.41, 5.74) is -0.531. The SMILES string of the molecule is CCCCCCCCCCCCCCCCOP(=O)(O)O[C@H]1C[C@H](n2cc(C)c([O-])nc2=O)O[C@@H]1CO.[Na+]. The zero-order chi connectivity index (χ0) is 27.1. The summed E-state index contributed by atoms with van der Waals surface area (Å²) in [5, 5.41) is 21.2. The predicted octanol–water partition coefficient (Wildman–Crippen LogP) is 1.89. The van der Waals surface area contributed by atoms with Gasteiger partial charge in [-0.3, -0.25) is 13.6 Å². The molecule has 0 bridgehead atoms. The maximum absolute atomic E-state index is 12.4. The first-order valence-corrected chi connectivity index (χ1v) is 15.5. The van der Waals surface area contributed by atoms with Gasteiger partial charge >= 0.3 is 43.1 Å². The Balaban J connectivity index is 0.00000722. The molecule has 12 heteroatoms. The van der Waals surface area contributed by atoms with E-state index in [-0.39, 0.29) is 48.1 Å². The van der Waals surface area contributed by atoms with Crippen LogP contribution in [0.3, 0.4) is 0 Å². The molecule has 1 aliphatic rings. The first-order chi connectivity index (χ1) is 17.8. The topological polar surface area (TPSA) is 143 Å². The molecule has 38 heavy (non-hydrogen) atoms. The molecule has 0 amide bonds. The molecule has 0 saturated carbocycles. The molecule has 0 spiro atoms. The maximum Gasteiger partial charge on any atom is 1.00 e. The summed E-state index contributed by atoms with van der Waals surface area (Å²) in [6.45, 7) is 3.39. The van der Waals surface area contributed by atoms with Crippen LogP contribution in [-0.2, 0) is 18.3 Å². The molecule has 1 fully saturated rings. The van der Waals surface area contributed by atoms with E-state index in [1.807, 2.05) is 0 Å². The van der Waals surface area contributed by atoms with Gasteiger partial charge < -0.3 is 19.8 Å². The van der Waals surface area contributed by atoms with Crippen LogP contribution in [0.25, 0.3) is 0 Å². The number of unbranched alkanes of at least 4 members (excludes halogenated alkanes) is 13. The summed E-state index contributed by atoms with van der Waals surface area (Å²) in [4.78, 5) is 25.6. The van der Waals surface area contributed by atoms with Crippen LogP contribution in [0, 0.1) is 6.92 Å². The van der Waals surface area contributed by atoms with Gasteiger partial charge in [-0.2, -0.15) is 0 Å². The Bertz CT molecular complexity index is 887. The largest absolute Gasteiger partial charge is 1.00 e. The van der Waals surface area contributed by atoms with Crippen LogP contribution in [0.15, 0.2) is 11.0 Å². The molecule has 214 valence electrons. The molecule has 0 radical (unpaired) electrons. The smallest absolute Gasteiger partial charge is 0.858 e. The maximum atomic E-state index is 12.4. The van der Waals surface area contributed by atoms with Crippen LogP contribution in [0.4, 0.5) is 0 Å². The third-order valence-corrected chi connectivity index (χ3v) is 7.83. The van der Waals surface area contributed by atoms with Gasteiger partial charge in [-0.15, -0.1) is 0 Å². The monoisotopic (exact) mass is 568 g/mol. The average molecular weight is 569 g/mol. The fourth-order valence-electron chi connectivity index (χ4n) is 4.58. The number of nitrogens with zero attached hydrogens (tertiary/aromatic N) is 2. The Morgan fingerprint density at radius 3 is 2.11 bits per heavy atom. The van der Waals surface area contributed by atoms with Crippen molar-refractivity contribution in [2.75, 3.05) is 13.2 Å². The van der Waals surface area contributed by atoms with Crippen molar-refractivity contribution in [3.63, 3.8) is 0 Å². The van der Waals surface area contributed by atoms with Gasteiger partial charge in [0.15, 0.2) is 0 Å². The van der Waals surface area contributed by atoms with E-state index in [0.717, 1.165) is 23.8 Å². The number of hydrogen-bond donors (Lipinski definition) is 2. The number of aliphatic hydroxyl groups excluding tert-OH is 1. The molecular formula is C26H46N2NaO8P. The van der Waals surface area contributed by atoms with Crippen LogP contribution < -0.4 is 40.4 Å². The first-order valence-electron chi connectivity index (χ1n) is 14.0. The van der Waals surface area contributed by atoms with Gasteiger partial charge in [0.05, 0.1) is 13.2 Å². The summed E-state index contributed by atoms with van der Waals surface area (Å²) in [6.07, 6.45) is 15.6. The molecule has 2 rings (SSSR count). The summed E-state index contributed by atoms with van der Waals surface area (Å²) in [5.74, 6) is -0.623. The number of aromatic nitrogens is 2. The number of phosphoric ester groups is 1. The van der Waals surface area contributed by atoms with Crippen molar-refractivity contribution in [2.24, 2.45) is 0 Å². The van der Waals surface area contributed by atoms with Crippen molar-refractivity contribution < 1.29 is 63.0 Å². The zero-order valence-corrected chi connectivity index (χ0v) is 26.4. The Morgan fingerprint density at radius 1 is 1.05 bits per heavy atom. The molecule has 1 saturated heterocycles. The Morgan fingerprint density at radius 2 is 1.58 bits per heavy atom. The molecule has 4 atom stereocenters. The number of aliphatic hydroxyl groups is 1. The number of rotatable bonds is 20. The van der Waals surface area contributed by atoms with Crippen molar-refractivity contribution in [1.82, 2.24) is 9.55 Å². The molecule has 0 aromatic carbocycles. The second-order valence-corrected chi connectivity index (χ2v) is 11.4. The minimum Gasteiger partial charge on any atom is -0.858 e. The molecule has 2 N–H and O–H groups in total. The van der Waals surface area contributed by atoms with Crippen LogP contribution >= 0.6 is 7.82 Å². The number of aryl methyl sites for hydroxylation is 1. The van der Waals surface area contributed by atoms with Crippen molar-refractivity contribution >= 4 is 7.82 Å².